The third-order valence-corrected chi connectivity index (χ3v) is 5.84. The number of hydrogen-bond acceptors (Lipinski definition) is 3. The van der Waals surface area contributed by atoms with Gasteiger partial charge in [0.05, 0.1) is 5.92 Å². The van der Waals surface area contributed by atoms with E-state index in [-0.39, 0.29) is 36.2 Å². The van der Waals surface area contributed by atoms with Crippen LogP contribution in [0, 0.1) is 25.7 Å². The molecule has 0 spiro atoms. The Labute approximate surface area is 168 Å². The van der Waals surface area contributed by atoms with Crippen LogP contribution in [0.4, 0.5) is 0 Å². The first-order valence-corrected chi connectivity index (χ1v) is 9.86. The number of aryl methyl sites for hydroxylation is 2. The summed E-state index contributed by atoms with van der Waals surface area (Å²) in [5.74, 6) is 0.413. The van der Waals surface area contributed by atoms with Crippen LogP contribution in [0.1, 0.15) is 53.6 Å². The van der Waals surface area contributed by atoms with E-state index in [9.17, 15) is 9.59 Å². The molecule has 1 aliphatic carbocycles. The molecule has 0 aromatic heterocycles. The molecule has 1 aliphatic heterocycles. The highest BCUT2D eigenvalue weighted by atomic mass is 35.5. The van der Waals surface area contributed by atoms with Gasteiger partial charge in [-0.05, 0) is 64.1 Å². The molecule has 6 heteroatoms. The van der Waals surface area contributed by atoms with Crippen LogP contribution in [0.3, 0.4) is 0 Å². The first-order valence-electron chi connectivity index (χ1n) is 9.86. The number of nitrogens with one attached hydrogen (secondary N) is 1. The Morgan fingerprint density at radius 2 is 1.81 bits per heavy atom. The Morgan fingerprint density at radius 1 is 1.11 bits per heavy atom. The van der Waals surface area contributed by atoms with E-state index in [4.69, 9.17) is 5.73 Å². The fourth-order valence-electron chi connectivity index (χ4n) is 4.47. The Bertz CT molecular complexity index is 659. The highest BCUT2D eigenvalue weighted by Gasteiger charge is 2.33. The standard InChI is InChI=1S/C21H31N3O2.ClH/c1-14-9-15(2)11-18(10-14)21(26)24-8-4-6-17(13-24)20(25)23-19-7-3-5-16(19)12-22;/h9-11,16-17,19H,3-8,12-13,22H2,1-2H3,(H,23,25);1H. The van der Waals surface area contributed by atoms with Crippen LogP contribution < -0.4 is 11.1 Å². The minimum Gasteiger partial charge on any atom is -0.353 e. The van der Waals surface area contributed by atoms with E-state index in [0.29, 0.717) is 19.0 Å². The van der Waals surface area contributed by atoms with Crippen molar-refractivity contribution in [2.45, 2.75) is 52.0 Å². The van der Waals surface area contributed by atoms with Crippen molar-refractivity contribution in [2.75, 3.05) is 19.6 Å². The summed E-state index contributed by atoms with van der Waals surface area (Å²) in [6.07, 6.45) is 4.98. The Morgan fingerprint density at radius 3 is 2.48 bits per heavy atom. The molecule has 0 bridgehead atoms. The molecule has 3 rings (SSSR count). The van der Waals surface area contributed by atoms with E-state index >= 15 is 0 Å². The molecule has 3 N–H and O–H groups in total. The van der Waals surface area contributed by atoms with Gasteiger partial charge in [0, 0.05) is 24.7 Å². The van der Waals surface area contributed by atoms with Gasteiger partial charge in [0.2, 0.25) is 5.91 Å². The van der Waals surface area contributed by atoms with Crippen molar-refractivity contribution in [2.24, 2.45) is 17.6 Å². The van der Waals surface area contributed by atoms with Crippen LogP contribution in [0.15, 0.2) is 18.2 Å². The van der Waals surface area contributed by atoms with Crippen molar-refractivity contribution in [3.05, 3.63) is 34.9 Å². The molecule has 3 atom stereocenters. The minimum atomic E-state index is -0.113. The number of likely N-dealkylation sites (tertiary alicyclic amines) is 1. The second-order valence-electron chi connectivity index (χ2n) is 8.01. The summed E-state index contributed by atoms with van der Waals surface area (Å²) in [5.41, 5.74) is 8.73. The van der Waals surface area contributed by atoms with Crippen LogP contribution in [-0.2, 0) is 4.79 Å². The molecule has 150 valence electrons. The lowest BCUT2D eigenvalue weighted by Gasteiger charge is -2.33. The van der Waals surface area contributed by atoms with Crippen LogP contribution >= 0.6 is 12.4 Å². The fourth-order valence-corrected chi connectivity index (χ4v) is 4.47. The maximum atomic E-state index is 12.9. The lowest BCUT2D eigenvalue weighted by atomic mass is 9.95. The maximum Gasteiger partial charge on any atom is 0.253 e. The predicted molar refractivity (Wildman–Crippen MR) is 110 cm³/mol. The summed E-state index contributed by atoms with van der Waals surface area (Å²) in [7, 11) is 0. The number of piperidine rings is 1. The van der Waals surface area contributed by atoms with Gasteiger partial charge in [-0.3, -0.25) is 9.59 Å². The fraction of sp³-hybridized carbons (Fsp3) is 0.619. The predicted octanol–water partition coefficient (Wildman–Crippen LogP) is 2.82. The topological polar surface area (TPSA) is 75.4 Å². The number of nitrogens with zero attached hydrogens (tertiary/aromatic N) is 1. The number of amides is 2. The largest absolute Gasteiger partial charge is 0.353 e. The van der Waals surface area contributed by atoms with Crippen molar-refractivity contribution in [3.63, 3.8) is 0 Å². The van der Waals surface area contributed by atoms with E-state index in [2.05, 4.69) is 11.4 Å². The van der Waals surface area contributed by atoms with Gasteiger partial charge in [0.15, 0.2) is 0 Å². The normalized spacial score (nSPS) is 25.0. The summed E-state index contributed by atoms with van der Waals surface area (Å²) in [5, 5.41) is 3.21. The van der Waals surface area contributed by atoms with E-state index in [1.54, 1.807) is 0 Å². The summed E-state index contributed by atoms with van der Waals surface area (Å²) >= 11 is 0. The average Bonchev–Trinajstić information content (AvgIpc) is 3.07. The van der Waals surface area contributed by atoms with Gasteiger partial charge in [-0.15, -0.1) is 12.4 Å². The van der Waals surface area contributed by atoms with Crippen molar-refractivity contribution in [1.82, 2.24) is 10.2 Å². The Hall–Kier alpha value is -1.59. The van der Waals surface area contributed by atoms with E-state index in [0.717, 1.165) is 55.3 Å². The molecule has 1 saturated heterocycles. The van der Waals surface area contributed by atoms with E-state index in [1.165, 1.54) is 0 Å². The molecule has 1 aromatic rings. The zero-order valence-electron chi connectivity index (χ0n) is 16.4. The lowest BCUT2D eigenvalue weighted by molar-refractivity contribution is -0.127. The Balaban J connectivity index is 0.00000261. The molecule has 2 fully saturated rings. The smallest absolute Gasteiger partial charge is 0.253 e. The molecular weight excluding hydrogens is 362 g/mol. The average molecular weight is 394 g/mol. The summed E-state index contributed by atoms with van der Waals surface area (Å²) in [4.78, 5) is 27.5. The van der Waals surface area contributed by atoms with Crippen molar-refractivity contribution >= 4 is 24.2 Å². The van der Waals surface area contributed by atoms with Crippen LogP contribution in [-0.4, -0.2) is 42.4 Å². The van der Waals surface area contributed by atoms with Gasteiger partial charge < -0.3 is 16.0 Å². The van der Waals surface area contributed by atoms with Gasteiger partial charge >= 0.3 is 0 Å². The molecule has 27 heavy (non-hydrogen) atoms. The summed E-state index contributed by atoms with van der Waals surface area (Å²) < 4.78 is 0. The highest BCUT2D eigenvalue weighted by molar-refractivity contribution is 5.95. The molecule has 1 heterocycles. The number of benzene rings is 1. The van der Waals surface area contributed by atoms with Gasteiger partial charge in [-0.2, -0.15) is 0 Å². The third kappa shape index (κ3) is 5.23. The van der Waals surface area contributed by atoms with Gasteiger partial charge in [0.1, 0.15) is 0 Å². The number of hydrogen-bond donors (Lipinski definition) is 2. The van der Waals surface area contributed by atoms with Gasteiger partial charge in [-0.25, -0.2) is 0 Å². The van der Waals surface area contributed by atoms with Crippen molar-refractivity contribution < 1.29 is 9.59 Å². The van der Waals surface area contributed by atoms with Crippen LogP contribution in [0.2, 0.25) is 0 Å². The molecule has 5 nitrogen and oxygen atoms in total. The highest BCUT2D eigenvalue weighted by Crippen LogP contribution is 2.26. The maximum absolute atomic E-state index is 12.9. The molecule has 2 aliphatic rings. The number of rotatable bonds is 4. The summed E-state index contributed by atoms with van der Waals surface area (Å²) in [6.45, 7) is 5.88. The number of halogens is 1. The zero-order valence-corrected chi connectivity index (χ0v) is 17.2. The Kier molecular flexibility index (Phi) is 7.68. The molecule has 1 aromatic carbocycles. The lowest BCUT2D eigenvalue weighted by Crippen LogP contribution is -2.48. The first-order chi connectivity index (χ1) is 12.5. The summed E-state index contributed by atoms with van der Waals surface area (Å²) in [6, 6.07) is 6.14. The van der Waals surface area contributed by atoms with Crippen molar-refractivity contribution in [1.29, 1.82) is 0 Å². The number of carbonyl (C=O) groups excluding carboxylic acids is 2. The van der Waals surface area contributed by atoms with E-state index < -0.39 is 0 Å². The first kappa shape index (κ1) is 21.7. The third-order valence-electron chi connectivity index (χ3n) is 5.84. The SMILES string of the molecule is Cc1cc(C)cc(C(=O)N2CCCC(C(=O)NC3CCCC3CN)C2)c1.Cl. The monoisotopic (exact) mass is 393 g/mol. The minimum absolute atomic E-state index is 0. The molecule has 1 saturated carbocycles. The number of carbonyl (C=O) groups is 2. The number of nitrogens with two attached hydrogens (primary N) is 1. The molecule has 2 amide bonds. The van der Waals surface area contributed by atoms with Crippen LogP contribution in [0.5, 0.6) is 0 Å². The molecule has 0 radical (unpaired) electrons. The van der Waals surface area contributed by atoms with Gasteiger partial charge in [-0.1, -0.05) is 23.6 Å². The van der Waals surface area contributed by atoms with E-state index in [1.807, 2.05) is 30.9 Å². The molecule has 3 unspecified atom stereocenters. The van der Waals surface area contributed by atoms with Crippen molar-refractivity contribution in [3.8, 4) is 0 Å². The van der Waals surface area contributed by atoms with Crippen LogP contribution in [0.25, 0.3) is 0 Å². The van der Waals surface area contributed by atoms with Gasteiger partial charge in [0.25, 0.3) is 5.91 Å². The quantitative estimate of drug-likeness (QED) is 0.825. The zero-order chi connectivity index (χ0) is 18.7. The molecular formula is C21H32ClN3O2. The second-order valence-corrected chi connectivity index (χ2v) is 8.01. The second kappa shape index (κ2) is 9.56.